The van der Waals surface area contributed by atoms with Crippen LogP contribution < -0.4 is 0 Å². The zero-order valence-corrected chi connectivity index (χ0v) is 18.9. The van der Waals surface area contributed by atoms with Crippen LogP contribution in [0, 0.1) is 6.92 Å². The van der Waals surface area contributed by atoms with Gasteiger partial charge in [0.2, 0.25) is 0 Å². The molecule has 0 bridgehead atoms. The fourth-order valence-corrected chi connectivity index (χ4v) is 4.69. The second-order valence-corrected chi connectivity index (χ2v) is 8.74. The molecule has 1 unspecified atom stereocenters. The van der Waals surface area contributed by atoms with Gasteiger partial charge in [-0.25, -0.2) is 23.4 Å². The monoisotopic (exact) mass is 450 g/mol. The Bertz CT molecular complexity index is 1250. The zero-order valence-electron chi connectivity index (χ0n) is 18.9. The molecule has 172 valence electrons. The molecule has 4 aromatic rings. The van der Waals surface area contributed by atoms with E-state index in [1.165, 1.54) is 18.9 Å². The maximum absolute atomic E-state index is 13.7. The highest BCUT2D eigenvalue weighted by Crippen LogP contribution is 2.32. The number of imidazole rings is 1. The minimum Gasteiger partial charge on any atom is -0.342 e. The predicted molar refractivity (Wildman–Crippen MR) is 125 cm³/mol. The third-order valence-electron chi connectivity index (χ3n) is 6.46. The molecule has 1 atom stereocenters. The minimum atomic E-state index is -2.59. The average Bonchev–Trinajstić information content (AvgIpc) is 3.31. The Hall–Kier alpha value is -3.13. The third kappa shape index (κ3) is 4.27. The van der Waals surface area contributed by atoms with Gasteiger partial charge in [-0.2, -0.15) is 0 Å². The van der Waals surface area contributed by atoms with Crippen LogP contribution in [-0.2, 0) is 0 Å². The first-order chi connectivity index (χ1) is 16.0. The van der Waals surface area contributed by atoms with Gasteiger partial charge in [0.05, 0.1) is 22.8 Å². The Kier molecular flexibility index (Phi) is 5.93. The van der Waals surface area contributed by atoms with Gasteiger partial charge in [-0.05, 0) is 58.0 Å². The summed E-state index contributed by atoms with van der Waals surface area (Å²) in [5.74, 6) is 1.92. The topological polar surface area (TPSA) is 62.6 Å². The van der Waals surface area contributed by atoms with E-state index in [9.17, 15) is 8.78 Å². The Morgan fingerprint density at radius 2 is 1.73 bits per heavy atom. The first kappa shape index (κ1) is 21.7. The van der Waals surface area contributed by atoms with Gasteiger partial charge in [-0.3, -0.25) is 4.90 Å². The molecule has 8 heteroatoms. The number of nitrogens with one attached hydrogen (secondary N) is 1. The average molecular weight is 451 g/mol. The number of nitrogens with zero attached hydrogens (tertiary/aromatic N) is 5. The number of aromatic amines is 1. The zero-order chi connectivity index (χ0) is 22.9. The molecule has 0 amide bonds. The molecule has 0 spiro atoms. The minimum absolute atomic E-state index is 0.00209. The number of fused-ring (bicyclic) bond motifs is 1. The number of likely N-dealkylation sites (tertiary alicyclic amines) is 1. The SMILES string of the molecule is Cc1nc2ccc(-n3nc(-c4ccccc4C(F)F)nc3C(C)N3CCCCCC3)cc2[nH]1. The predicted octanol–water partition coefficient (Wildman–Crippen LogP) is 5.99. The molecule has 0 saturated carbocycles. The number of benzene rings is 2. The lowest BCUT2D eigenvalue weighted by Crippen LogP contribution is -2.30. The molecule has 0 radical (unpaired) electrons. The molecule has 3 heterocycles. The highest BCUT2D eigenvalue weighted by atomic mass is 19.3. The van der Waals surface area contributed by atoms with Crippen LogP contribution in [0.5, 0.6) is 0 Å². The van der Waals surface area contributed by atoms with Crippen molar-refractivity contribution in [1.29, 1.82) is 0 Å². The van der Waals surface area contributed by atoms with E-state index in [-0.39, 0.29) is 11.6 Å². The van der Waals surface area contributed by atoms with Crippen molar-refractivity contribution < 1.29 is 8.78 Å². The van der Waals surface area contributed by atoms with Crippen molar-refractivity contribution in [2.45, 2.75) is 52.0 Å². The number of alkyl halides is 2. The van der Waals surface area contributed by atoms with Gasteiger partial charge < -0.3 is 4.98 Å². The molecule has 5 rings (SSSR count). The molecular weight excluding hydrogens is 422 g/mol. The number of hydrogen-bond acceptors (Lipinski definition) is 4. The second kappa shape index (κ2) is 9.02. The molecule has 2 aromatic heterocycles. The Labute approximate surface area is 191 Å². The van der Waals surface area contributed by atoms with E-state index < -0.39 is 6.43 Å². The first-order valence-electron chi connectivity index (χ1n) is 11.6. The van der Waals surface area contributed by atoms with Crippen LogP contribution in [0.1, 0.15) is 62.3 Å². The number of halogens is 2. The molecule has 1 fully saturated rings. The molecular formula is C25H28F2N6. The van der Waals surface area contributed by atoms with Gasteiger partial charge >= 0.3 is 0 Å². The molecule has 1 aliphatic rings. The highest BCUT2D eigenvalue weighted by Gasteiger charge is 2.26. The number of H-pyrrole nitrogens is 1. The van der Waals surface area contributed by atoms with Gasteiger partial charge in [-0.1, -0.05) is 37.1 Å². The van der Waals surface area contributed by atoms with Crippen LogP contribution in [0.25, 0.3) is 28.1 Å². The molecule has 1 N–H and O–H groups in total. The van der Waals surface area contributed by atoms with Gasteiger partial charge in [0.25, 0.3) is 6.43 Å². The molecule has 2 aromatic carbocycles. The van der Waals surface area contributed by atoms with E-state index in [1.807, 2.05) is 29.8 Å². The molecule has 0 aliphatic carbocycles. The van der Waals surface area contributed by atoms with Crippen molar-refractivity contribution >= 4 is 11.0 Å². The quantitative estimate of drug-likeness (QED) is 0.405. The number of aryl methyl sites for hydroxylation is 1. The van der Waals surface area contributed by atoms with E-state index in [0.29, 0.717) is 11.4 Å². The molecule has 1 saturated heterocycles. The van der Waals surface area contributed by atoms with Crippen LogP contribution in [0.4, 0.5) is 8.78 Å². The summed E-state index contributed by atoms with van der Waals surface area (Å²) in [6, 6.07) is 12.4. The lowest BCUT2D eigenvalue weighted by Gasteiger charge is -2.27. The first-order valence-corrected chi connectivity index (χ1v) is 11.6. The van der Waals surface area contributed by atoms with Crippen molar-refractivity contribution in [2.75, 3.05) is 13.1 Å². The van der Waals surface area contributed by atoms with Crippen LogP contribution >= 0.6 is 0 Å². The van der Waals surface area contributed by atoms with Crippen molar-refractivity contribution in [1.82, 2.24) is 29.6 Å². The normalized spacial score (nSPS) is 16.4. The maximum Gasteiger partial charge on any atom is 0.264 e. The number of rotatable bonds is 5. The lowest BCUT2D eigenvalue weighted by atomic mass is 10.1. The fraction of sp³-hybridized carbons (Fsp3) is 0.400. The van der Waals surface area contributed by atoms with E-state index in [4.69, 9.17) is 10.1 Å². The Morgan fingerprint density at radius 3 is 2.48 bits per heavy atom. The van der Waals surface area contributed by atoms with Crippen LogP contribution in [-0.4, -0.2) is 42.7 Å². The van der Waals surface area contributed by atoms with Crippen molar-refractivity contribution in [3.63, 3.8) is 0 Å². The smallest absolute Gasteiger partial charge is 0.264 e. The van der Waals surface area contributed by atoms with Gasteiger partial charge in [-0.15, -0.1) is 5.10 Å². The fourth-order valence-electron chi connectivity index (χ4n) is 4.69. The molecule has 33 heavy (non-hydrogen) atoms. The van der Waals surface area contributed by atoms with E-state index >= 15 is 0 Å². The third-order valence-corrected chi connectivity index (χ3v) is 6.46. The second-order valence-electron chi connectivity index (χ2n) is 8.74. The summed E-state index contributed by atoms with van der Waals surface area (Å²) >= 11 is 0. The van der Waals surface area contributed by atoms with Gasteiger partial charge in [0, 0.05) is 11.1 Å². The summed E-state index contributed by atoms with van der Waals surface area (Å²) in [4.78, 5) is 15.0. The summed E-state index contributed by atoms with van der Waals surface area (Å²) in [5.41, 5.74) is 2.93. The standard InChI is InChI=1S/C25H28F2N6/c1-16(32-13-7-3-4-8-14-32)25-30-24(20-10-6-5-9-19(20)23(26)27)31-33(25)18-11-12-21-22(15-18)29-17(2)28-21/h5-6,9-12,15-16,23H,3-4,7-8,13-14H2,1-2H3,(H,28,29). The van der Waals surface area contributed by atoms with Crippen molar-refractivity contribution in [2.24, 2.45) is 0 Å². The maximum atomic E-state index is 13.7. The Balaban J connectivity index is 1.64. The summed E-state index contributed by atoms with van der Waals surface area (Å²) in [7, 11) is 0. The molecule has 6 nitrogen and oxygen atoms in total. The van der Waals surface area contributed by atoms with Crippen molar-refractivity contribution in [3.05, 3.63) is 59.7 Å². The summed E-state index contributed by atoms with van der Waals surface area (Å²) in [6.07, 6.45) is 2.18. The van der Waals surface area contributed by atoms with E-state index in [1.54, 1.807) is 18.2 Å². The number of aromatic nitrogens is 5. The lowest BCUT2D eigenvalue weighted by molar-refractivity contribution is 0.152. The van der Waals surface area contributed by atoms with E-state index in [2.05, 4.69) is 21.8 Å². The van der Waals surface area contributed by atoms with Crippen molar-refractivity contribution in [3.8, 4) is 17.1 Å². The summed E-state index contributed by atoms with van der Waals surface area (Å²) < 4.78 is 29.3. The Morgan fingerprint density at radius 1 is 0.970 bits per heavy atom. The summed E-state index contributed by atoms with van der Waals surface area (Å²) in [5, 5.41) is 4.76. The largest absolute Gasteiger partial charge is 0.342 e. The number of hydrogen-bond donors (Lipinski definition) is 1. The van der Waals surface area contributed by atoms with Crippen LogP contribution in [0.3, 0.4) is 0 Å². The molecule has 1 aliphatic heterocycles. The van der Waals surface area contributed by atoms with E-state index in [0.717, 1.165) is 54.3 Å². The van der Waals surface area contributed by atoms with Gasteiger partial charge in [0.15, 0.2) is 5.82 Å². The summed E-state index contributed by atoms with van der Waals surface area (Å²) in [6.45, 7) is 6.04. The van der Waals surface area contributed by atoms with Crippen LogP contribution in [0.15, 0.2) is 42.5 Å². The van der Waals surface area contributed by atoms with Gasteiger partial charge in [0.1, 0.15) is 11.6 Å². The van der Waals surface area contributed by atoms with Crippen LogP contribution in [0.2, 0.25) is 0 Å². The highest BCUT2D eigenvalue weighted by molar-refractivity contribution is 5.77.